The second-order valence-electron chi connectivity index (χ2n) is 5.91. The zero-order valence-corrected chi connectivity index (χ0v) is 12.5. The predicted molar refractivity (Wildman–Crippen MR) is 73.5 cm³/mol. The third-order valence-electron chi connectivity index (χ3n) is 4.23. The Hall–Kier alpha value is -0.610. The Balaban J connectivity index is 2.24. The second-order valence-corrected chi connectivity index (χ2v) is 5.91. The van der Waals surface area contributed by atoms with Gasteiger partial charge in [0.2, 0.25) is 0 Å². The van der Waals surface area contributed by atoms with Crippen molar-refractivity contribution in [2.45, 2.75) is 38.6 Å². The van der Waals surface area contributed by atoms with E-state index in [-0.39, 0.29) is 5.97 Å². The summed E-state index contributed by atoms with van der Waals surface area (Å²) in [4.78, 5) is 14.0. The van der Waals surface area contributed by atoms with E-state index in [4.69, 9.17) is 4.74 Å². The van der Waals surface area contributed by atoms with Crippen LogP contribution in [0.15, 0.2) is 0 Å². The molecule has 4 heteroatoms. The second kappa shape index (κ2) is 6.53. The average molecular weight is 256 g/mol. The van der Waals surface area contributed by atoms with Gasteiger partial charge in [-0.3, -0.25) is 4.79 Å². The van der Waals surface area contributed by atoms with Gasteiger partial charge in [0, 0.05) is 6.54 Å². The lowest BCUT2D eigenvalue weighted by Gasteiger charge is -2.27. The van der Waals surface area contributed by atoms with Crippen LogP contribution in [0.3, 0.4) is 0 Å². The summed E-state index contributed by atoms with van der Waals surface area (Å²) in [5.74, 6) is 1.62. The number of carbonyl (C=O) groups excluding carboxylic acids is 1. The molecule has 106 valence electrons. The number of nitrogens with one attached hydrogen (secondary N) is 1. The number of likely N-dealkylation sites (N-methyl/N-ethyl adjacent to an activating group) is 1. The number of rotatable bonds is 8. The molecule has 0 aliphatic heterocycles. The third kappa shape index (κ3) is 4.25. The Kier molecular flexibility index (Phi) is 5.60. The fourth-order valence-electron chi connectivity index (χ4n) is 2.40. The number of esters is 1. The van der Waals surface area contributed by atoms with Crippen LogP contribution in [-0.4, -0.2) is 50.7 Å². The molecule has 3 unspecified atom stereocenters. The van der Waals surface area contributed by atoms with Gasteiger partial charge in [-0.25, -0.2) is 0 Å². The third-order valence-corrected chi connectivity index (χ3v) is 4.23. The molecule has 18 heavy (non-hydrogen) atoms. The first-order valence-corrected chi connectivity index (χ1v) is 6.89. The van der Waals surface area contributed by atoms with Crippen molar-refractivity contribution in [3.63, 3.8) is 0 Å². The summed E-state index contributed by atoms with van der Waals surface area (Å²) in [5.41, 5.74) is -0.553. The van der Waals surface area contributed by atoms with E-state index in [0.29, 0.717) is 0 Å². The summed E-state index contributed by atoms with van der Waals surface area (Å²) in [7, 11) is 5.42. The molecule has 1 N–H and O–H groups in total. The van der Waals surface area contributed by atoms with E-state index in [0.717, 1.165) is 31.2 Å². The highest BCUT2D eigenvalue weighted by Crippen LogP contribution is 2.37. The van der Waals surface area contributed by atoms with E-state index in [9.17, 15) is 4.79 Å². The molecule has 1 aliphatic rings. The molecule has 0 aromatic rings. The standard InChI is InChI=1S/C14H28N2O2/c1-11-9-12(11)10-16(4)8-6-7-14(2,15-3)13(17)18-5/h11-12,15H,6-10H2,1-5H3. The van der Waals surface area contributed by atoms with Crippen molar-refractivity contribution in [2.24, 2.45) is 11.8 Å². The van der Waals surface area contributed by atoms with Gasteiger partial charge in [-0.15, -0.1) is 0 Å². The van der Waals surface area contributed by atoms with Crippen molar-refractivity contribution >= 4 is 5.97 Å². The minimum Gasteiger partial charge on any atom is -0.468 e. The minimum atomic E-state index is -0.553. The molecule has 0 radical (unpaired) electrons. The monoisotopic (exact) mass is 256 g/mol. The Morgan fingerprint density at radius 1 is 1.56 bits per heavy atom. The van der Waals surface area contributed by atoms with Crippen LogP contribution in [0, 0.1) is 11.8 Å². The fourth-order valence-corrected chi connectivity index (χ4v) is 2.40. The van der Waals surface area contributed by atoms with Gasteiger partial charge in [0.25, 0.3) is 0 Å². The van der Waals surface area contributed by atoms with E-state index in [2.05, 4.69) is 24.2 Å². The Morgan fingerprint density at radius 3 is 2.61 bits per heavy atom. The van der Waals surface area contributed by atoms with E-state index >= 15 is 0 Å². The van der Waals surface area contributed by atoms with Gasteiger partial charge in [-0.05, 0) is 58.7 Å². The zero-order valence-electron chi connectivity index (χ0n) is 12.5. The highest BCUT2D eigenvalue weighted by molar-refractivity contribution is 5.80. The highest BCUT2D eigenvalue weighted by atomic mass is 16.5. The van der Waals surface area contributed by atoms with Gasteiger partial charge in [-0.1, -0.05) is 6.92 Å². The Bertz CT molecular complexity index is 283. The number of hydrogen-bond donors (Lipinski definition) is 1. The molecule has 1 rings (SSSR count). The Morgan fingerprint density at radius 2 is 2.17 bits per heavy atom. The quantitative estimate of drug-likeness (QED) is 0.668. The number of nitrogens with zero attached hydrogens (tertiary/aromatic N) is 1. The molecular formula is C14H28N2O2. The van der Waals surface area contributed by atoms with Crippen LogP contribution in [0.5, 0.6) is 0 Å². The van der Waals surface area contributed by atoms with Crippen LogP contribution in [0.1, 0.15) is 33.1 Å². The van der Waals surface area contributed by atoms with Crippen LogP contribution in [-0.2, 0) is 9.53 Å². The molecule has 0 aromatic carbocycles. The lowest BCUT2D eigenvalue weighted by atomic mass is 9.96. The maximum atomic E-state index is 11.7. The molecule has 1 saturated carbocycles. The summed E-state index contributed by atoms with van der Waals surface area (Å²) >= 11 is 0. The van der Waals surface area contributed by atoms with E-state index in [1.54, 1.807) is 0 Å². The summed E-state index contributed by atoms with van der Waals surface area (Å²) in [6.45, 7) is 6.45. The van der Waals surface area contributed by atoms with Gasteiger partial charge in [0.1, 0.15) is 5.54 Å². The predicted octanol–water partition coefficient (Wildman–Crippen LogP) is 1.51. The molecule has 1 aliphatic carbocycles. The van der Waals surface area contributed by atoms with Crippen LogP contribution in [0.4, 0.5) is 0 Å². The Labute approximate surface area is 111 Å². The topological polar surface area (TPSA) is 41.6 Å². The molecule has 0 heterocycles. The maximum absolute atomic E-state index is 11.7. The van der Waals surface area contributed by atoms with Gasteiger partial charge in [0.05, 0.1) is 7.11 Å². The van der Waals surface area contributed by atoms with Gasteiger partial charge < -0.3 is 15.0 Å². The lowest BCUT2D eigenvalue weighted by Crippen LogP contribution is -2.48. The summed E-state index contributed by atoms with van der Waals surface area (Å²) in [5, 5.41) is 3.07. The minimum absolute atomic E-state index is 0.177. The van der Waals surface area contributed by atoms with Crippen LogP contribution in [0.2, 0.25) is 0 Å². The van der Waals surface area contributed by atoms with E-state index < -0.39 is 5.54 Å². The largest absolute Gasteiger partial charge is 0.468 e. The first kappa shape index (κ1) is 15.4. The van der Waals surface area contributed by atoms with Crippen molar-refractivity contribution in [1.29, 1.82) is 0 Å². The first-order chi connectivity index (χ1) is 8.42. The summed E-state index contributed by atoms with van der Waals surface area (Å²) in [6, 6.07) is 0. The molecular weight excluding hydrogens is 228 g/mol. The molecule has 0 aromatic heterocycles. The van der Waals surface area contributed by atoms with Gasteiger partial charge >= 0.3 is 5.97 Å². The van der Waals surface area contributed by atoms with E-state index in [1.807, 2.05) is 14.0 Å². The van der Waals surface area contributed by atoms with Crippen molar-refractivity contribution in [2.75, 3.05) is 34.3 Å². The van der Waals surface area contributed by atoms with Crippen LogP contribution in [0.25, 0.3) is 0 Å². The SMILES string of the molecule is CNC(C)(CCCN(C)CC1CC1C)C(=O)OC. The van der Waals surface area contributed by atoms with Crippen LogP contribution >= 0.6 is 0 Å². The highest BCUT2D eigenvalue weighted by Gasteiger charge is 2.34. The van der Waals surface area contributed by atoms with Crippen molar-refractivity contribution in [1.82, 2.24) is 10.2 Å². The van der Waals surface area contributed by atoms with Gasteiger partial charge in [0.15, 0.2) is 0 Å². The van der Waals surface area contributed by atoms with Crippen molar-refractivity contribution < 1.29 is 9.53 Å². The van der Waals surface area contributed by atoms with Crippen molar-refractivity contribution in [3.05, 3.63) is 0 Å². The normalized spacial score (nSPS) is 25.9. The van der Waals surface area contributed by atoms with Crippen molar-refractivity contribution in [3.8, 4) is 0 Å². The van der Waals surface area contributed by atoms with Gasteiger partial charge in [-0.2, -0.15) is 0 Å². The smallest absolute Gasteiger partial charge is 0.325 e. The zero-order chi connectivity index (χ0) is 13.8. The molecule has 0 spiro atoms. The lowest BCUT2D eigenvalue weighted by molar-refractivity contribution is -0.148. The maximum Gasteiger partial charge on any atom is 0.325 e. The number of carbonyl (C=O) groups is 1. The average Bonchev–Trinajstić information content (AvgIpc) is 3.03. The molecule has 0 amide bonds. The molecule has 0 bridgehead atoms. The molecule has 0 saturated heterocycles. The van der Waals surface area contributed by atoms with Crippen LogP contribution < -0.4 is 5.32 Å². The summed E-state index contributed by atoms with van der Waals surface area (Å²) < 4.78 is 4.84. The first-order valence-electron chi connectivity index (χ1n) is 6.89. The number of hydrogen-bond acceptors (Lipinski definition) is 4. The number of methoxy groups -OCH3 is 1. The molecule has 4 nitrogen and oxygen atoms in total. The molecule has 1 fully saturated rings. The fraction of sp³-hybridized carbons (Fsp3) is 0.929. The number of ether oxygens (including phenoxy) is 1. The van der Waals surface area contributed by atoms with E-state index in [1.165, 1.54) is 20.1 Å². The molecule has 3 atom stereocenters. The summed E-state index contributed by atoms with van der Waals surface area (Å²) in [6.07, 6.45) is 3.19.